The van der Waals surface area contributed by atoms with E-state index in [4.69, 9.17) is 0 Å². The SMILES string of the molecule is CC(O)CC(Sc1ccc(Br)cc1)Sc1ccc(Br)cc1. The molecule has 0 amide bonds. The summed E-state index contributed by atoms with van der Waals surface area (Å²) in [6.45, 7) is 1.84. The molecule has 112 valence electrons. The van der Waals surface area contributed by atoms with Crippen LogP contribution in [0.25, 0.3) is 0 Å². The van der Waals surface area contributed by atoms with Gasteiger partial charge in [-0.2, -0.15) is 0 Å². The van der Waals surface area contributed by atoms with Crippen molar-refractivity contribution >= 4 is 55.4 Å². The molecule has 1 N–H and O–H groups in total. The third-order valence-electron chi connectivity index (χ3n) is 2.70. The van der Waals surface area contributed by atoms with Crippen molar-refractivity contribution in [3.8, 4) is 0 Å². The van der Waals surface area contributed by atoms with Crippen LogP contribution in [-0.4, -0.2) is 15.8 Å². The Bertz CT molecular complexity index is 508. The van der Waals surface area contributed by atoms with Gasteiger partial charge in [0.2, 0.25) is 0 Å². The van der Waals surface area contributed by atoms with Crippen LogP contribution >= 0.6 is 55.4 Å². The molecule has 0 aliphatic carbocycles. The summed E-state index contributed by atoms with van der Waals surface area (Å²) >= 11 is 10.5. The van der Waals surface area contributed by atoms with Gasteiger partial charge in [0.25, 0.3) is 0 Å². The Morgan fingerprint density at radius 2 is 1.24 bits per heavy atom. The average Bonchev–Trinajstić information content (AvgIpc) is 2.43. The minimum absolute atomic E-state index is 0.285. The van der Waals surface area contributed by atoms with Crippen molar-refractivity contribution in [1.82, 2.24) is 0 Å². The van der Waals surface area contributed by atoms with Gasteiger partial charge in [-0.25, -0.2) is 0 Å². The number of aliphatic hydroxyl groups excluding tert-OH is 1. The highest BCUT2D eigenvalue weighted by Crippen LogP contribution is 2.38. The number of thioether (sulfide) groups is 2. The van der Waals surface area contributed by atoms with Crippen LogP contribution < -0.4 is 0 Å². The van der Waals surface area contributed by atoms with E-state index in [1.807, 2.05) is 31.2 Å². The number of aliphatic hydroxyl groups is 1. The second kappa shape index (κ2) is 8.63. The maximum absolute atomic E-state index is 9.73. The summed E-state index contributed by atoms with van der Waals surface area (Å²) in [5.74, 6) is 0. The van der Waals surface area contributed by atoms with Gasteiger partial charge in [0.1, 0.15) is 0 Å². The van der Waals surface area contributed by atoms with Gasteiger partial charge in [0.15, 0.2) is 0 Å². The van der Waals surface area contributed by atoms with Crippen molar-refractivity contribution in [3.05, 3.63) is 57.5 Å². The van der Waals surface area contributed by atoms with E-state index in [9.17, 15) is 5.11 Å². The first-order valence-corrected chi connectivity index (χ1v) is 9.90. The average molecular weight is 448 g/mol. The normalized spacial score (nSPS) is 12.6. The molecule has 1 nitrogen and oxygen atoms in total. The van der Waals surface area contributed by atoms with Crippen LogP contribution in [0.2, 0.25) is 0 Å². The minimum atomic E-state index is -0.305. The summed E-state index contributed by atoms with van der Waals surface area (Å²) in [5.41, 5.74) is 0. The molecular formula is C16H16Br2OS2. The predicted molar refractivity (Wildman–Crippen MR) is 100 cm³/mol. The van der Waals surface area contributed by atoms with Crippen LogP contribution in [0.3, 0.4) is 0 Å². The Kier molecular flexibility index (Phi) is 7.16. The van der Waals surface area contributed by atoms with Gasteiger partial charge in [-0.1, -0.05) is 31.9 Å². The van der Waals surface area contributed by atoms with Gasteiger partial charge in [0.05, 0.1) is 10.7 Å². The number of halogens is 2. The molecule has 0 fully saturated rings. The molecule has 2 rings (SSSR count). The first-order valence-electron chi connectivity index (χ1n) is 6.55. The molecule has 0 aliphatic heterocycles. The molecule has 0 radical (unpaired) electrons. The molecule has 21 heavy (non-hydrogen) atoms. The summed E-state index contributed by atoms with van der Waals surface area (Å²) in [4.78, 5) is 2.43. The second-order valence-electron chi connectivity index (χ2n) is 4.66. The van der Waals surface area contributed by atoms with E-state index in [-0.39, 0.29) is 10.7 Å². The van der Waals surface area contributed by atoms with Gasteiger partial charge in [-0.3, -0.25) is 0 Å². The van der Waals surface area contributed by atoms with Crippen molar-refractivity contribution in [2.24, 2.45) is 0 Å². The highest BCUT2D eigenvalue weighted by Gasteiger charge is 2.15. The molecule has 0 saturated heterocycles. The van der Waals surface area contributed by atoms with Crippen molar-refractivity contribution in [2.45, 2.75) is 33.8 Å². The van der Waals surface area contributed by atoms with Gasteiger partial charge < -0.3 is 5.11 Å². The van der Waals surface area contributed by atoms with Gasteiger partial charge >= 0.3 is 0 Å². The van der Waals surface area contributed by atoms with Crippen LogP contribution in [0.5, 0.6) is 0 Å². The maximum Gasteiger partial charge on any atom is 0.0621 e. The van der Waals surface area contributed by atoms with Crippen molar-refractivity contribution in [1.29, 1.82) is 0 Å². The van der Waals surface area contributed by atoms with Gasteiger partial charge in [-0.05, 0) is 61.9 Å². The smallest absolute Gasteiger partial charge is 0.0621 e. The summed E-state index contributed by atoms with van der Waals surface area (Å²) in [7, 11) is 0. The van der Waals surface area contributed by atoms with Gasteiger partial charge in [0, 0.05) is 18.7 Å². The standard InChI is InChI=1S/C16H16Br2OS2/c1-11(19)10-16(20-14-6-2-12(17)3-7-14)21-15-8-4-13(18)5-9-15/h2-9,11,16,19H,10H2,1H3. The zero-order valence-electron chi connectivity index (χ0n) is 11.5. The molecule has 1 atom stereocenters. The fourth-order valence-corrected chi connectivity index (χ4v) is 5.06. The minimum Gasteiger partial charge on any atom is -0.393 e. The topological polar surface area (TPSA) is 20.2 Å². The van der Waals surface area contributed by atoms with Crippen LogP contribution in [0.1, 0.15) is 13.3 Å². The fourth-order valence-electron chi connectivity index (χ4n) is 1.73. The quantitative estimate of drug-likeness (QED) is 0.420. The highest BCUT2D eigenvalue weighted by molar-refractivity contribution is 9.10. The van der Waals surface area contributed by atoms with Crippen LogP contribution in [0, 0.1) is 0 Å². The molecule has 0 aliphatic rings. The van der Waals surface area contributed by atoms with E-state index in [1.165, 1.54) is 9.79 Å². The molecule has 0 heterocycles. The van der Waals surface area contributed by atoms with E-state index < -0.39 is 0 Å². The Morgan fingerprint density at radius 1 is 0.857 bits per heavy atom. The Balaban J connectivity index is 2.06. The molecule has 2 aromatic carbocycles. The monoisotopic (exact) mass is 446 g/mol. The maximum atomic E-state index is 9.73. The Labute approximate surface area is 151 Å². The van der Waals surface area contributed by atoms with Crippen molar-refractivity contribution in [3.63, 3.8) is 0 Å². The Morgan fingerprint density at radius 3 is 1.57 bits per heavy atom. The molecule has 2 aromatic rings. The lowest BCUT2D eigenvalue weighted by Gasteiger charge is -2.18. The Hall–Kier alpha value is 0.0600. The lowest BCUT2D eigenvalue weighted by molar-refractivity contribution is 0.190. The van der Waals surface area contributed by atoms with E-state index >= 15 is 0 Å². The van der Waals surface area contributed by atoms with E-state index in [0.29, 0.717) is 0 Å². The summed E-state index contributed by atoms with van der Waals surface area (Å²) in [6, 6.07) is 16.6. The summed E-state index contributed by atoms with van der Waals surface area (Å²) in [6.07, 6.45) is 0.447. The van der Waals surface area contributed by atoms with Crippen molar-refractivity contribution in [2.75, 3.05) is 0 Å². The fraction of sp³-hybridized carbons (Fsp3) is 0.250. The largest absolute Gasteiger partial charge is 0.393 e. The highest BCUT2D eigenvalue weighted by atomic mass is 79.9. The lowest BCUT2D eigenvalue weighted by atomic mass is 10.3. The van der Waals surface area contributed by atoms with Gasteiger partial charge in [-0.15, -0.1) is 23.5 Å². The number of rotatable bonds is 6. The molecule has 0 bridgehead atoms. The molecule has 1 unspecified atom stereocenters. The predicted octanol–water partition coefficient (Wildman–Crippen LogP) is 6.19. The third-order valence-corrected chi connectivity index (χ3v) is 6.33. The van der Waals surface area contributed by atoms with Crippen LogP contribution in [0.15, 0.2) is 67.3 Å². The third kappa shape index (κ3) is 6.37. The van der Waals surface area contributed by atoms with E-state index in [1.54, 1.807) is 23.5 Å². The molecule has 0 spiro atoms. The number of hydrogen-bond donors (Lipinski definition) is 1. The zero-order valence-corrected chi connectivity index (χ0v) is 16.3. The summed E-state index contributed by atoms with van der Waals surface area (Å²) < 4.78 is 2.45. The van der Waals surface area contributed by atoms with Crippen LogP contribution in [-0.2, 0) is 0 Å². The molecule has 0 saturated carbocycles. The molecular weight excluding hydrogens is 432 g/mol. The second-order valence-corrected chi connectivity index (χ2v) is 9.34. The molecule has 5 heteroatoms. The first-order chi connectivity index (χ1) is 10.0. The van der Waals surface area contributed by atoms with Crippen molar-refractivity contribution < 1.29 is 5.11 Å². The lowest BCUT2D eigenvalue weighted by Crippen LogP contribution is -2.08. The van der Waals surface area contributed by atoms with E-state index in [2.05, 4.69) is 56.1 Å². The van der Waals surface area contributed by atoms with E-state index in [0.717, 1.165) is 15.4 Å². The first kappa shape index (κ1) is 17.4. The number of benzene rings is 2. The zero-order chi connectivity index (χ0) is 15.2. The van der Waals surface area contributed by atoms with Crippen LogP contribution in [0.4, 0.5) is 0 Å². The molecule has 0 aromatic heterocycles. The summed E-state index contributed by atoms with van der Waals surface area (Å²) in [5, 5.41) is 9.73. The number of hydrogen-bond acceptors (Lipinski definition) is 3.